The molecule has 7 heteroatoms. The summed E-state index contributed by atoms with van der Waals surface area (Å²) >= 11 is 9.13. The van der Waals surface area contributed by atoms with Crippen molar-refractivity contribution in [2.75, 3.05) is 18.6 Å². The lowest BCUT2D eigenvalue weighted by molar-refractivity contribution is -0.114. The average Bonchev–Trinajstić information content (AvgIpc) is 3.03. The van der Waals surface area contributed by atoms with Crippen molar-refractivity contribution in [3.05, 3.63) is 93.6 Å². The number of amides is 1. The third kappa shape index (κ3) is 5.16. The molecule has 4 rings (SSSR count). The Kier molecular flexibility index (Phi) is 7.34. The zero-order chi connectivity index (χ0) is 24.2. The number of halogens is 1. The van der Waals surface area contributed by atoms with Gasteiger partial charge in [-0.05, 0) is 80.2 Å². The molecular weight excluding hydrogens is 512 g/mol. The summed E-state index contributed by atoms with van der Waals surface area (Å²) < 4.78 is 12.5. The Hall–Kier alpha value is -3.16. The van der Waals surface area contributed by atoms with Crippen molar-refractivity contribution in [2.24, 2.45) is 0 Å². The molecule has 0 aromatic heterocycles. The van der Waals surface area contributed by atoms with Crippen LogP contribution in [0.3, 0.4) is 0 Å². The fraction of sp³-hybridized carbons (Fsp3) is 0.185. The molecule has 1 heterocycles. The van der Waals surface area contributed by atoms with Crippen LogP contribution in [0.2, 0.25) is 0 Å². The molecule has 3 aromatic rings. The van der Waals surface area contributed by atoms with Gasteiger partial charge in [0.1, 0.15) is 23.8 Å². The van der Waals surface area contributed by atoms with Crippen LogP contribution in [0.25, 0.3) is 6.08 Å². The maximum absolute atomic E-state index is 13.4. The third-order valence-electron chi connectivity index (χ3n) is 5.45. The zero-order valence-corrected chi connectivity index (χ0v) is 21.7. The van der Waals surface area contributed by atoms with Gasteiger partial charge >= 0.3 is 0 Å². The van der Waals surface area contributed by atoms with Crippen LogP contribution < -0.4 is 14.4 Å². The smallest absolute Gasteiger partial charge is 0.281 e. The highest BCUT2D eigenvalue weighted by atomic mass is 79.9. The van der Waals surface area contributed by atoms with Crippen molar-refractivity contribution in [2.45, 2.75) is 20.5 Å². The van der Waals surface area contributed by atoms with Crippen LogP contribution in [0.15, 0.2) is 76.9 Å². The van der Waals surface area contributed by atoms with E-state index in [0.717, 1.165) is 21.3 Å². The molecule has 0 radical (unpaired) electrons. The first kappa shape index (κ1) is 24.0. The number of rotatable bonds is 7. The van der Waals surface area contributed by atoms with E-state index in [1.165, 1.54) is 10.5 Å². The number of thiocarbonyl (C=S) groups is 1. The van der Waals surface area contributed by atoms with E-state index >= 15 is 0 Å². The van der Waals surface area contributed by atoms with Crippen LogP contribution in [0, 0.1) is 6.92 Å². The van der Waals surface area contributed by atoms with Crippen molar-refractivity contribution in [1.29, 1.82) is 0 Å². The topological polar surface area (TPSA) is 42.0 Å². The van der Waals surface area contributed by atoms with Gasteiger partial charge in [0, 0.05) is 17.1 Å². The van der Waals surface area contributed by atoms with E-state index < -0.39 is 0 Å². The second-order valence-corrected chi connectivity index (χ2v) is 9.18. The fourth-order valence-electron chi connectivity index (χ4n) is 3.60. The largest absolute Gasteiger partial charge is 0.494 e. The minimum Gasteiger partial charge on any atom is -0.494 e. The van der Waals surface area contributed by atoms with Gasteiger partial charge in [-0.25, -0.2) is 0 Å². The molecule has 0 unspecified atom stereocenters. The van der Waals surface area contributed by atoms with Crippen molar-refractivity contribution in [3.63, 3.8) is 0 Å². The molecule has 1 aliphatic heterocycles. The summed E-state index contributed by atoms with van der Waals surface area (Å²) in [6.45, 7) is 5.00. The Morgan fingerprint density at radius 3 is 2.38 bits per heavy atom. The molecule has 34 heavy (non-hydrogen) atoms. The number of hydrogen-bond acceptors (Lipinski definition) is 4. The minimum absolute atomic E-state index is 0.193. The Balaban J connectivity index is 1.61. The highest BCUT2D eigenvalue weighted by Gasteiger charge is 2.37. The van der Waals surface area contributed by atoms with Crippen LogP contribution in [-0.4, -0.2) is 29.6 Å². The predicted molar refractivity (Wildman–Crippen MR) is 143 cm³/mol. The van der Waals surface area contributed by atoms with Gasteiger partial charge in [-0.3, -0.25) is 9.69 Å². The molecule has 0 bridgehead atoms. The Labute approximate surface area is 213 Å². The lowest BCUT2D eigenvalue weighted by Gasteiger charge is -2.16. The van der Waals surface area contributed by atoms with E-state index in [0.29, 0.717) is 35.5 Å². The van der Waals surface area contributed by atoms with Gasteiger partial charge < -0.3 is 14.4 Å². The summed E-state index contributed by atoms with van der Waals surface area (Å²) in [7, 11) is 1.80. The van der Waals surface area contributed by atoms with Crippen LogP contribution in [0.4, 0.5) is 5.69 Å². The third-order valence-corrected chi connectivity index (χ3v) is 6.40. The van der Waals surface area contributed by atoms with E-state index in [2.05, 4.69) is 35.0 Å². The van der Waals surface area contributed by atoms with Gasteiger partial charge in [-0.1, -0.05) is 45.8 Å². The van der Waals surface area contributed by atoms with Crippen LogP contribution in [-0.2, 0) is 11.4 Å². The number of ether oxygens (including phenoxy) is 2. The number of carbonyl (C=O) groups excluding carboxylic acids is 1. The predicted octanol–water partition coefficient (Wildman–Crippen LogP) is 6.34. The Bertz CT molecular complexity index is 1240. The Morgan fingerprint density at radius 2 is 1.71 bits per heavy atom. The first-order chi connectivity index (χ1) is 16.4. The van der Waals surface area contributed by atoms with E-state index in [1.54, 1.807) is 11.9 Å². The molecule has 0 N–H and O–H groups in total. The normalized spacial score (nSPS) is 14.8. The highest BCUT2D eigenvalue weighted by molar-refractivity contribution is 9.10. The van der Waals surface area contributed by atoms with Gasteiger partial charge in [0.05, 0.1) is 12.3 Å². The van der Waals surface area contributed by atoms with E-state index in [-0.39, 0.29) is 5.91 Å². The van der Waals surface area contributed by atoms with Crippen LogP contribution >= 0.6 is 28.1 Å². The van der Waals surface area contributed by atoms with E-state index in [1.807, 2.05) is 67.6 Å². The number of anilines is 1. The minimum atomic E-state index is -0.193. The quantitative estimate of drug-likeness (QED) is 0.260. The zero-order valence-electron chi connectivity index (χ0n) is 19.2. The maximum Gasteiger partial charge on any atom is 0.281 e. The fourth-order valence-corrected chi connectivity index (χ4v) is 4.26. The molecular formula is C27H25BrN2O3S. The molecule has 1 amide bonds. The molecule has 0 saturated carbocycles. The monoisotopic (exact) mass is 536 g/mol. The number of carbonyl (C=O) groups is 1. The molecule has 0 aliphatic carbocycles. The molecule has 1 saturated heterocycles. The van der Waals surface area contributed by atoms with Crippen molar-refractivity contribution >= 4 is 50.9 Å². The van der Waals surface area contributed by atoms with Gasteiger partial charge in [0.15, 0.2) is 5.11 Å². The molecule has 3 aromatic carbocycles. The molecule has 1 aliphatic rings. The van der Waals surface area contributed by atoms with Gasteiger partial charge in [-0.15, -0.1) is 0 Å². The van der Waals surface area contributed by atoms with Gasteiger partial charge in [-0.2, -0.15) is 0 Å². The average molecular weight is 537 g/mol. The van der Waals surface area contributed by atoms with E-state index in [9.17, 15) is 4.79 Å². The Morgan fingerprint density at radius 1 is 1.00 bits per heavy atom. The molecule has 0 atom stereocenters. The first-order valence-electron chi connectivity index (χ1n) is 10.9. The molecule has 0 spiro atoms. The summed E-state index contributed by atoms with van der Waals surface area (Å²) in [5.74, 6) is 1.24. The molecule has 5 nitrogen and oxygen atoms in total. The summed E-state index contributed by atoms with van der Waals surface area (Å²) in [5.41, 5.74) is 4.22. The first-order valence-corrected chi connectivity index (χ1v) is 12.1. The number of likely N-dealkylation sites (N-methyl/N-ethyl adjacent to an activating group) is 1. The summed E-state index contributed by atoms with van der Waals surface area (Å²) in [6.07, 6.45) is 1.82. The highest BCUT2D eigenvalue weighted by Crippen LogP contribution is 2.32. The molecule has 1 fully saturated rings. The second kappa shape index (κ2) is 10.4. The maximum atomic E-state index is 13.4. The number of hydrogen-bond donors (Lipinski definition) is 0. The van der Waals surface area contributed by atoms with Gasteiger partial charge in [0.25, 0.3) is 5.91 Å². The summed E-state index contributed by atoms with van der Waals surface area (Å²) in [5, 5.41) is 0.414. The number of aryl methyl sites for hydroxylation is 1. The van der Waals surface area contributed by atoms with Crippen LogP contribution in [0.5, 0.6) is 11.5 Å². The van der Waals surface area contributed by atoms with E-state index in [4.69, 9.17) is 21.7 Å². The summed E-state index contributed by atoms with van der Waals surface area (Å²) in [4.78, 5) is 16.6. The van der Waals surface area contributed by atoms with Crippen LogP contribution in [0.1, 0.15) is 23.6 Å². The lowest BCUT2D eigenvalue weighted by atomic mass is 10.1. The molecule has 174 valence electrons. The van der Waals surface area contributed by atoms with Crippen molar-refractivity contribution < 1.29 is 14.3 Å². The summed E-state index contributed by atoms with van der Waals surface area (Å²) in [6, 6.07) is 21.3. The number of benzene rings is 3. The van der Waals surface area contributed by atoms with Crippen molar-refractivity contribution in [3.8, 4) is 11.5 Å². The SMILES string of the molecule is CCOc1ccc(N2C(=O)/C(=C/c3cc(Br)ccc3OCc3ccc(C)cc3)N(C)C2=S)cc1. The van der Waals surface area contributed by atoms with Crippen molar-refractivity contribution in [1.82, 2.24) is 4.90 Å². The lowest BCUT2D eigenvalue weighted by Crippen LogP contribution is -2.31. The standard InChI is InChI=1S/C27H25BrN2O3S/c1-4-32-23-12-10-22(11-13-23)30-26(31)24(29(3)27(30)34)16-20-15-21(28)9-14-25(20)33-17-19-7-5-18(2)6-8-19/h5-16H,4,17H2,1-3H3/b24-16-. The van der Waals surface area contributed by atoms with Gasteiger partial charge in [0.2, 0.25) is 0 Å². The number of nitrogens with zero attached hydrogens (tertiary/aromatic N) is 2. The second-order valence-electron chi connectivity index (χ2n) is 7.90.